The average molecular weight is 341 g/mol. The molecule has 2 N–H and O–H groups in total. The van der Waals surface area contributed by atoms with Crippen molar-refractivity contribution in [2.24, 2.45) is 0 Å². The molecule has 1 aliphatic rings. The first-order valence-corrected chi connectivity index (χ1v) is 6.86. The van der Waals surface area contributed by atoms with E-state index in [4.69, 9.17) is 4.74 Å². The largest absolute Gasteiger partial charge is 0.454 e. The van der Waals surface area contributed by atoms with E-state index >= 15 is 0 Å². The highest BCUT2D eigenvalue weighted by molar-refractivity contribution is 9.10. The second-order valence-corrected chi connectivity index (χ2v) is 5.15. The quantitative estimate of drug-likeness (QED) is 0.807. The maximum absolute atomic E-state index is 11.7. The van der Waals surface area contributed by atoms with E-state index in [1.807, 2.05) is 6.07 Å². The molecular formula is C13H13BrN2O4. The first kappa shape index (κ1) is 14.5. The molecule has 0 radical (unpaired) electrons. The van der Waals surface area contributed by atoms with E-state index in [-0.39, 0.29) is 12.5 Å². The highest BCUT2D eigenvalue weighted by Crippen LogP contribution is 2.20. The lowest BCUT2D eigenvalue weighted by molar-refractivity contribution is -0.149. The number of anilines is 1. The minimum absolute atomic E-state index is 0.176. The molecule has 0 aromatic heterocycles. The number of carbonyl (C=O) groups excluding carboxylic acids is 3. The maximum Gasteiger partial charge on any atom is 0.329 e. The van der Waals surface area contributed by atoms with Crippen LogP contribution in [0.25, 0.3) is 0 Å². The normalized spacial score (nSPS) is 17.4. The molecule has 6 nitrogen and oxygen atoms in total. The van der Waals surface area contributed by atoms with E-state index in [1.165, 1.54) is 0 Å². The van der Waals surface area contributed by atoms with Gasteiger partial charge >= 0.3 is 5.97 Å². The number of amides is 2. The predicted octanol–water partition coefficient (Wildman–Crippen LogP) is 1.21. The van der Waals surface area contributed by atoms with Crippen LogP contribution in [0.3, 0.4) is 0 Å². The summed E-state index contributed by atoms with van der Waals surface area (Å²) in [6.45, 7) is -0.382. The molecule has 1 saturated heterocycles. The van der Waals surface area contributed by atoms with Crippen LogP contribution in [0.4, 0.5) is 5.69 Å². The van der Waals surface area contributed by atoms with Crippen molar-refractivity contribution in [2.75, 3.05) is 11.9 Å². The monoisotopic (exact) mass is 340 g/mol. The van der Waals surface area contributed by atoms with Gasteiger partial charge in [-0.1, -0.05) is 12.1 Å². The van der Waals surface area contributed by atoms with Crippen molar-refractivity contribution < 1.29 is 19.1 Å². The molecule has 2 rings (SSSR count). The minimum atomic E-state index is -0.640. The van der Waals surface area contributed by atoms with Crippen LogP contribution in [0.5, 0.6) is 0 Å². The fourth-order valence-electron chi connectivity index (χ4n) is 1.78. The van der Waals surface area contributed by atoms with E-state index < -0.39 is 17.9 Å². The second-order valence-electron chi connectivity index (χ2n) is 4.29. The molecule has 0 unspecified atom stereocenters. The lowest BCUT2D eigenvalue weighted by Crippen LogP contribution is -2.36. The number of ether oxygens (including phenoxy) is 1. The van der Waals surface area contributed by atoms with Gasteiger partial charge in [0, 0.05) is 10.9 Å². The molecule has 106 valence electrons. The molecule has 0 spiro atoms. The number of halogens is 1. The summed E-state index contributed by atoms with van der Waals surface area (Å²) in [4.78, 5) is 34.2. The van der Waals surface area contributed by atoms with Crippen LogP contribution < -0.4 is 10.6 Å². The van der Waals surface area contributed by atoms with Crippen LogP contribution in [-0.4, -0.2) is 30.4 Å². The number of para-hydroxylation sites is 1. The molecule has 1 fully saturated rings. The Morgan fingerprint density at radius 1 is 1.40 bits per heavy atom. The summed E-state index contributed by atoms with van der Waals surface area (Å²) in [5.74, 6) is -1.20. The number of nitrogens with one attached hydrogen (secondary N) is 2. The highest BCUT2D eigenvalue weighted by atomic mass is 79.9. The van der Waals surface area contributed by atoms with Crippen LogP contribution >= 0.6 is 15.9 Å². The number of carbonyl (C=O) groups is 3. The van der Waals surface area contributed by atoms with Crippen molar-refractivity contribution in [2.45, 2.75) is 18.9 Å². The summed E-state index contributed by atoms with van der Waals surface area (Å²) in [7, 11) is 0. The van der Waals surface area contributed by atoms with Crippen molar-refractivity contribution in [3.8, 4) is 0 Å². The van der Waals surface area contributed by atoms with Gasteiger partial charge < -0.3 is 15.4 Å². The number of rotatable bonds is 4. The van der Waals surface area contributed by atoms with Gasteiger partial charge in [-0.3, -0.25) is 9.59 Å². The Balaban J connectivity index is 1.79. The number of hydrogen-bond acceptors (Lipinski definition) is 4. The Kier molecular flexibility index (Phi) is 4.73. The smallest absolute Gasteiger partial charge is 0.329 e. The lowest BCUT2D eigenvalue weighted by atomic mass is 10.2. The molecule has 1 aromatic carbocycles. The molecule has 1 aliphatic heterocycles. The van der Waals surface area contributed by atoms with Crippen LogP contribution in [0.15, 0.2) is 28.7 Å². The lowest BCUT2D eigenvalue weighted by Gasteiger charge is -2.11. The van der Waals surface area contributed by atoms with E-state index in [0.29, 0.717) is 18.5 Å². The van der Waals surface area contributed by atoms with Crippen LogP contribution in [-0.2, 0) is 19.1 Å². The average Bonchev–Trinajstić information content (AvgIpc) is 2.85. The van der Waals surface area contributed by atoms with Crippen molar-refractivity contribution in [1.29, 1.82) is 0 Å². The minimum Gasteiger partial charge on any atom is -0.454 e. The van der Waals surface area contributed by atoms with Crippen molar-refractivity contribution in [3.05, 3.63) is 28.7 Å². The van der Waals surface area contributed by atoms with Crippen molar-refractivity contribution in [1.82, 2.24) is 5.32 Å². The fraction of sp³-hybridized carbons (Fsp3) is 0.308. The van der Waals surface area contributed by atoms with E-state index in [0.717, 1.165) is 4.47 Å². The van der Waals surface area contributed by atoms with Gasteiger partial charge in [0.1, 0.15) is 6.04 Å². The Morgan fingerprint density at radius 3 is 2.80 bits per heavy atom. The zero-order valence-corrected chi connectivity index (χ0v) is 12.1. The van der Waals surface area contributed by atoms with Gasteiger partial charge in [0.15, 0.2) is 6.61 Å². The van der Waals surface area contributed by atoms with Gasteiger partial charge in [0.05, 0.1) is 5.69 Å². The number of esters is 1. The summed E-state index contributed by atoms with van der Waals surface area (Å²) in [5, 5.41) is 5.10. The predicted molar refractivity (Wildman–Crippen MR) is 74.9 cm³/mol. The summed E-state index contributed by atoms with van der Waals surface area (Å²) < 4.78 is 5.61. The fourth-order valence-corrected chi connectivity index (χ4v) is 2.16. The van der Waals surface area contributed by atoms with E-state index in [9.17, 15) is 14.4 Å². The Bertz CT molecular complexity index is 547. The standard InChI is InChI=1S/C13H13BrN2O4/c14-8-3-1-2-4-9(8)15-12(18)7-20-13(19)10-5-6-11(17)16-10/h1-4,10H,5-7H2,(H,15,18)(H,16,17)/t10-/m0/s1. The number of benzene rings is 1. The van der Waals surface area contributed by atoms with Crippen molar-refractivity contribution >= 4 is 39.4 Å². The number of hydrogen-bond donors (Lipinski definition) is 2. The van der Waals surface area contributed by atoms with Crippen molar-refractivity contribution in [3.63, 3.8) is 0 Å². The van der Waals surface area contributed by atoms with Gasteiger partial charge in [0.25, 0.3) is 5.91 Å². The van der Waals surface area contributed by atoms with Gasteiger partial charge in [0.2, 0.25) is 5.91 Å². The summed E-state index contributed by atoms with van der Waals surface area (Å²) in [5.41, 5.74) is 0.600. The SMILES string of the molecule is O=C(COC(=O)[C@@H]1CCC(=O)N1)Nc1ccccc1Br. The molecule has 0 saturated carbocycles. The van der Waals surface area contributed by atoms with E-state index in [1.54, 1.807) is 18.2 Å². The molecule has 20 heavy (non-hydrogen) atoms. The summed E-state index contributed by atoms with van der Waals surface area (Å²) >= 11 is 3.30. The molecule has 0 aliphatic carbocycles. The molecular weight excluding hydrogens is 328 g/mol. The summed E-state index contributed by atoms with van der Waals surface area (Å²) in [6.07, 6.45) is 0.715. The molecule has 7 heteroatoms. The first-order valence-electron chi connectivity index (χ1n) is 6.06. The molecule has 1 heterocycles. The maximum atomic E-state index is 11.7. The summed E-state index contributed by atoms with van der Waals surface area (Å²) in [6, 6.07) is 6.47. The Labute approximate surface area is 124 Å². The second kappa shape index (κ2) is 6.51. The first-order chi connectivity index (χ1) is 9.56. The van der Waals surface area contributed by atoms with Crippen LogP contribution in [0, 0.1) is 0 Å². The van der Waals surface area contributed by atoms with Crippen LogP contribution in [0.2, 0.25) is 0 Å². The van der Waals surface area contributed by atoms with Gasteiger partial charge in [-0.25, -0.2) is 4.79 Å². The third kappa shape index (κ3) is 3.80. The molecule has 0 bridgehead atoms. The van der Waals surface area contributed by atoms with Crippen LogP contribution in [0.1, 0.15) is 12.8 Å². The molecule has 2 amide bonds. The third-order valence-corrected chi connectivity index (χ3v) is 3.46. The Hall–Kier alpha value is -1.89. The van der Waals surface area contributed by atoms with Gasteiger partial charge in [-0.2, -0.15) is 0 Å². The highest BCUT2D eigenvalue weighted by Gasteiger charge is 2.28. The van der Waals surface area contributed by atoms with Gasteiger partial charge in [-0.15, -0.1) is 0 Å². The third-order valence-electron chi connectivity index (χ3n) is 2.77. The van der Waals surface area contributed by atoms with Gasteiger partial charge in [-0.05, 0) is 34.5 Å². The molecule has 1 atom stereocenters. The Morgan fingerprint density at radius 2 is 2.15 bits per heavy atom. The molecule has 1 aromatic rings. The topological polar surface area (TPSA) is 84.5 Å². The van der Waals surface area contributed by atoms with E-state index in [2.05, 4.69) is 26.6 Å². The zero-order valence-electron chi connectivity index (χ0n) is 10.5. The zero-order chi connectivity index (χ0) is 14.5.